The molecule has 1 rings (SSSR count). The maximum Gasteiger partial charge on any atom is 0.252 e. The van der Waals surface area contributed by atoms with Crippen LogP contribution < -0.4 is 5.32 Å². The van der Waals surface area contributed by atoms with E-state index in [-0.39, 0.29) is 0 Å². The van der Waals surface area contributed by atoms with Gasteiger partial charge in [0.05, 0.1) is 0 Å². The lowest BCUT2D eigenvalue weighted by molar-refractivity contribution is 0.313. The van der Waals surface area contributed by atoms with Gasteiger partial charge in [0, 0.05) is 26.2 Å². The van der Waals surface area contributed by atoms with E-state index in [4.69, 9.17) is 0 Å². The molecule has 0 aromatic carbocycles. The molecular weight excluding hydrogens is 306 g/mol. The van der Waals surface area contributed by atoms with E-state index in [1.54, 1.807) is 10.4 Å². The fraction of sp³-hybridized carbons (Fsp3) is 0.714. The van der Waals surface area contributed by atoms with Gasteiger partial charge in [0.2, 0.25) is 0 Å². The number of hydrogen-bond acceptors (Lipinski definition) is 5. The lowest BCUT2D eigenvalue weighted by atomic mass is 10.2. The minimum atomic E-state index is -3.39. The highest BCUT2D eigenvalue weighted by Gasteiger charge is 2.26. The molecule has 0 unspecified atom stereocenters. The molecule has 0 radical (unpaired) electrons. The van der Waals surface area contributed by atoms with Gasteiger partial charge in [0.25, 0.3) is 10.0 Å². The second-order valence-corrected chi connectivity index (χ2v) is 8.94. The Morgan fingerprint density at radius 2 is 1.95 bits per heavy atom. The number of likely N-dealkylation sites (N-methyl/N-ethyl adjacent to an activating group) is 1. The second kappa shape index (κ2) is 8.24. The van der Waals surface area contributed by atoms with Crippen LogP contribution in [0.2, 0.25) is 0 Å². The van der Waals surface area contributed by atoms with Crippen LogP contribution in [0.25, 0.3) is 0 Å². The molecule has 1 aromatic heterocycles. The maximum atomic E-state index is 12.8. The van der Waals surface area contributed by atoms with Crippen molar-refractivity contribution in [3.63, 3.8) is 0 Å². The van der Waals surface area contributed by atoms with E-state index in [9.17, 15) is 8.42 Å². The Morgan fingerprint density at radius 1 is 1.29 bits per heavy atom. The Morgan fingerprint density at radius 3 is 2.48 bits per heavy atom. The van der Waals surface area contributed by atoms with Gasteiger partial charge < -0.3 is 10.2 Å². The highest BCUT2D eigenvalue weighted by molar-refractivity contribution is 7.91. The molecule has 1 heterocycles. The van der Waals surface area contributed by atoms with Crippen molar-refractivity contribution in [3.05, 3.63) is 17.0 Å². The van der Waals surface area contributed by atoms with Gasteiger partial charge in [-0.05, 0) is 44.1 Å². The zero-order valence-corrected chi connectivity index (χ0v) is 15.2. The van der Waals surface area contributed by atoms with Gasteiger partial charge in [-0.3, -0.25) is 0 Å². The zero-order valence-electron chi connectivity index (χ0n) is 13.6. The SMILES string of the molecule is CNCc1csc(S(=O)(=O)N(CCN(C)C)CC(C)C)c1. The first-order valence-electron chi connectivity index (χ1n) is 7.14. The van der Waals surface area contributed by atoms with Crippen molar-refractivity contribution in [1.82, 2.24) is 14.5 Å². The zero-order chi connectivity index (χ0) is 16.0. The predicted molar refractivity (Wildman–Crippen MR) is 89.2 cm³/mol. The molecule has 21 heavy (non-hydrogen) atoms. The molecule has 122 valence electrons. The highest BCUT2D eigenvalue weighted by Crippen LogP contribution is 2.24. The van der Waals surface area contributed by atoms with E-state index in [2.05, 4.69) is 5.32 Å². The van der Waals surface area contributed by atoms with E-state index in [1.165, 1.54) is 11.3 Å². The molecular formula is C14H27N3O2S2. The third kappa shape index (κ3) is 5.67. The number of rotatable bonds is 9. The van der Waals surface area contributed by atoms with Crippen molar-refractivity contribution in [2.45, 2.75) is 24.6 Å². The van der Waals surface area contributed by atoms with Gasteiger partial charge >= 0.3 is 0 Å². The molecule has 0 bridgehead atoms. The first-order chi connectivity index (χ1) is 9.77. The number of sulfonamides is 1. The molecule has 1 aromatic rings. The van der Waals surface area contributed by atoms with Crippen LogP contribution in [0.3, 0.4) is 0 Å². The van der Waals surface area contributed by atoms with Crippen LogP contribution in [0, 0.1) is 5.92 Å². The fourth-order valence-corrected chi connectivity index (χ4v) is 4.90. The quantitative estimate of drug-likeness (QED) is 0.747. The molecule has 0 atom stereocenters. The van der Waals surface area contributed by atoms with Crippen molar-refractivity contribution in [2.24, 2.45) is 5.92 Å². The van der Waals surface area contributed by atoms with Crippen molar-refractivity contribution in [2.75, 3.05) is 40.8 Å². The van der Waals surface area contributed by atoms with Crippen LogP contribution in [0.4, 0.5) is 0 Å². The predicted octanol–water partition coefficient (Wildman–Crippen LogP) is 1.68. The number of hydrogen-bond donors (Lipinski definition) is 1. The summed E-state index contributed by atoms with van der Waals surface area (Å²) >= 11 is 1.30. The smallest absolute Gasteiger partial charge is 0.252 e. The van der Waals surface area contributed by atoms with Gasteiger partial charge in [-0.1, -0.05) is 13.8 Å². The van der Waals surface area contributed by atoms with E-state index in [1.807, 2.05) is 45.3 Å². The minimum Gasteiger partial charge on any atom is -0.316 e. The van der Waals surface area contributed by atoms with Gasteiger partial charge in [-0.25, -0.2) is 8.42 Å². The molecule has 0 aliphatic rings. The molecule has 0 fully saturated rings. The molecule has 7 heteroatoms. The van der Waals surface area contributed by atoms with Crippen molar-refractivity contribution in [1.29, 1.82) is 0 Å². The summed E-state index contributed by atoms with van der Waals surface area (Å²) in [4.78, 5) is 2.00. The highest BCUT2D eigenvalue weighted by atomic mass is 32.2. The van der Waals surface area contributed by atoms with E-state index >= 15 is 0 Å². The topological polar surface area (TPSA) is 52.7 Å². The van der Waals surface area contributed by atoms with Crippen molar-refractivity contribution < 1.29 is 8.42 Å². The van der Waals surface area contributed by atoms with E-state index < -0.39 is 10.0 Å². The van der Waals surface area contributed by atoms with Crippen LogP contribution in [0.15, 0.2) is 15.7 Å². The van der Waals surface area contributed by atoms with Gasteiger partial charge in [0.15, 0.2) is 0 Å². The summed E-state index contributed by atoms with van der Waals surface area (Å²) < 4.78 is 27.6. The monoisotopic (exact) mass is 333 g/mol. The second-order valence-electron chi connectivity index (χ2n) is 5.86. The fourth-order valence-electron chi connectivity index (χ4n) is 1.94. The lowest BCUT2D eigenvalue weighted by Gasteiger charge is -2.24. The Hall–Kier alpha value is -0.470. The molecule has 0 amide bonds. The lowest BCUT2D eigenvalue weighted by Crippen LogP contribution is -2.38. The number of nitrogens with one attached hydrogen (secondary N) is 1. The Bertz CT molecular complexity index is 524. The number of thiophene rings is 1. The standard InChI is InChI=1S/C14H27N3O2S2/c1-12(2)10-17(7-6-16(4)5)21(18,19)14-8-13(9-15-3)11-20-14/h8,11-12,15H,6-7,9-10H2,1-5H3. The first-order valence-corrected chi connectivity index (χ1v) is 9.46. The molecule has 0 saturated carbocycles. The third-order valence-electron chi connectivity index (χ3n) is 2.97. The van der Waals surface area contributed by atoms with Crippen LogP contribution >= 0.6 is 11.3 Å². The summed E-state index contributed by atoms with van der Waals surface area (Å²) in [7, 11) is 2.37. The summed E-state index contributed by atoms with van der Waals surface area (Å²) in [5, 5.41) is 4.95. The van der Waals surface area contributed by atoms with Gasteiger partial charge in [-0.2, -0.15) is 4.31 Å². The molecule has 0 aliphatic heterocycles. The average molecular weight is 334 g/mol. The van der Waals surface area contributed by atoms with E-state index in [0.29, 0.717) is 29.8 Å². The molecule has 1 N–H and O–H groups in total. The first kappa shape index (κ1) is 18.6. The van der Waals surface area contributed by atoms with Crippen molar-refractivity contribution >= 4 is 21.4 Å². The molecule has 0 spiro atoms. The van der Waals surface area contributed by atoms with Crippen LogP contribution in [0.1, 0.15) is 19.4 Å². The summed E-state index contributed by atoms with van der Waals surface area (Å²) in [6.07, 6.45) is 0. The van der Waals surface area contributed by atoms with Gasteiger partial charge in [0.1, 0.15) is 4.21 Å². The summed E-state index contributed by atoms with van der Waals surface area (Å²) in [6.45, 7) is 6.56. The Labute approximate surface area is 133 Å². The molecule has 0 saturated heterocycles. The normalized spacial score (nSPS) is 12.8. The third-order valence-corrected chi connectivity index (χ3v) is 6.30. The average Bonchev–Trinajstić information content (AvgIpc) is 2.83. The Balaban J connectivity index is 2.95. The van der Waals surface area contributed by atoms with Crippen molar-refractivity contribution in [3.8, 4) is 0 Å². The molecule has 0 aliphatic carbocycles. The number of nitrogens with zero attached hydrogens (tertiary/aromatic N) is 2. The maximum absolute atomic E-state index is 12.8. The summed E-state index contributed by atoms with van der Waals surface area (Å²) in [6, 6.07) is 1.78. The summed E-state index contributed by atoms with van der Waals surface area (Å²) in [5.41, 5.74) is 1.01. The largest absolute Gasteiger partial charge is 0.316 e. The van der Waals surface area contributed by atoms with Crippen LogP contribution in [-0.4, -0.2) is 58.4 Å². The van der Waals surface area contributed by atoms with Gasteiger partial charge in [-0.15, -0.1) is 11.3 Å². The van der Waals surface area contributed by atoms with Crippen LogP contribution in [-0.2, 0) is 16.6 Å². The Kier molecular flexibility index (Phi) is 7.29. The van der Waals surface area contributed by atoms with Crippen LogP contribution in [0.5, 0.6) is 0 Å². The minimum absolute atomic E-state index is 0.304. The molecule has 5 nitrogen and oxygen atoms in total. The van der Waals surface area contributed by atoms with E-state index in [0.717, 1.165) is 12.1 Å². The summed E-state index contributed by atoms with van der Waals surface area (Å²) in [5.74, 6) is 0.304.